The third-order valence-electron chi connectivity index (χ3n) is 4.12. The molecular formula is C13H15NO4S. The molecule has 1 aromatic rings. The van der Waals surface area contributed by atoms with Crippen LogP contribution in [0.1, 0.15) is 12.0 Å². The maximum atomic E-state index is 12.7. The Kier molecular flexibility index (Phi) is 2.43. The number of ether oxygens (including phenoxy) is 2. The monoisotopic (exact) mass is 281 g/mol. The first-order chi connectivity index (χ1) is 9.14. The van der Waals surface area contributed by atoms with Gasteiger partial charge in [0.15, 0.2) is 0 Å². The highest BCUT2D eigenvalue weighted by atomic mass is 32.2. The first-order valence-corrected chi connectivity index (χ1v) is 7.98. The summed E-state index contributed by atoms with van der Waals surface area (Å²) in [5.41, 5.74) is 0.988. The highest BCUT2D eigenvalue weighted by molar-refractivity contribution is 7.89. The molecule has 3 aliphatic rings. The van der Waals surface area contributed by atoms with Gasteiger partial charge in [-0.2, -0.15) is 4.31 Å². The molecule has 2 saturated heterocycles. The topological polar surface area (TPSA) is 55.8 Å². The number of benzene rings is 1. The molecule has 2 atom stereocenters. The summed E-state index contributed by atoms with van der Waals surface area (Å²) in [5, 5.41) is 0. The predicted molar refractivity (Wildman–Crippen MR) is 67.7 cm³/mol. The minimum Gasteiger partial charge on any atom is -0.493 e. The van der Waals surface area contributed by atoms with E-state index < -0.39 is 10.0 Å². The van der Waals surface area contributed by atoms with Crippen LogP contribution in [-0.4, -0.2) is 44.6 Å². The third-order valence-corrected chi connectivity index (χ3v) is 6.03. The number of nitrogens with zero attached hydrogens (tertiary/aromatic N) is 1. The van der Waals surface area contributed by atoms with Crippen molar-refractivity contribution in [1.82, 2.24) is 4.31 Å². The standard InChI is InChI=1S/C13H15NO4S/c15-19(16,14-7-11-6-10(14)8-18-11)12-1-2-13-9(5-12)3-4-17-13/h1-2,5,10-11H,3-4,6-8H2/t10-,11+/m0/s1. The maximum absolute atomic E-state index is 12.7. The molecule has 0 aliphatic carbocycles. The van der Waals surface area contributed by atoms with Crippen molar-refractivity contribution in [3.8, 4) is 5.75 Å². The Hall–Kier alpha value is -1.11. The van der Waals surface area contributed by atoms with Gasteiger partial charge in [-0.1, -0.05) is 0 Å². The molecule has 2 fully saturated rings. The van der Waals surface area contributed by atoms with Crippen LogP contribution in [0.3, 0.4) is 0 Å². The number of sulfonamides is 1. The summed E-state index contributed by atoms with van der Waals surface area (Å²) in [4.78, 5) is 0.379. The minimum absolute atomic E-state index is 0.0134. The van der Waals surface area contributed by atoms with E-state index in [1.165, 1.54) is 0 Å². The van der Waals surface area contributed by atoms with Crippen LogP contribution in [0.25, 0.3) is 0 Å². The number of morpholine rings is 1. The van der Waals surface area contributed by atoms with Crippen LogP contribution in [0.5, 0.6) is 5.75 Å². The summed E-state index contributed by atoms with van der Waals surface area (Å²) in [7, 11) is -3.39. The molecule has 0 unspecified atom stereocenters. The molecular weight excluding hydrogens is 266 g/mol. The lowest BCUT2D eigenvalue weighted by molar-refractivity contribution is 0.0608. The van der Waals surface area contributed by atoms with E-state index in [4.69, 9.17) is 9.47 Å². The Balaban J connectivity index is 1.71. The van der Waals surface area contributed by atoms with Crippen LogP contribution in [-0.2, 0) is 21.2 Å². The summed E-state index contributed by atoms with van der Waals surface area (Å²) in [5.74, 6) is 0.810. The van der Waals surface area contributed by atoms with Gasteiger partial charge in [-0.05, 0) is 30.2 Å². The fraction of sp³-hybridized carbons (Fsp3) is 0.538. The van der Waals surface area contributed by atoms with E-state index >= 15 is 0 Å². The second-order valence-electron chi connectivity index (χ2n) is 5.29. The summed E-state index contributed by atoms with van der Waals surface area (Å²) in [6, 6.07) is 5.18. The van der Waals surface area contributed by atoms with Gasteiger partial charge in [-0.3, -0.25) is 0 Å². The lowest BCUT2D eigenvalue weighted by Gasteiger charge is -2.26. The molecule has 19 heavy (non-hydrogen) atoms. The van der Waals surface area contributed by atoms with E-state index in [0.717, 1.165) is 24.2 Å². The molecule has 0 radical (unpaired) electrons. The van der Waals surface area contributed by atoms with E-state index in [2.05, 4.69) is 0 Å². The Morgan fingerprint density at radius 2 is 2.21 bits per heavy atom. The van der Waals surface area contributed by atoms with Crippen molar-refractivity contribution >= 4 is 10.0 Å². The van der Waals surface area contributed by atoms with E-state index in [0.29, 0.717) is 24.7 Å². The zero-order valence-corrected chi connectivity index (χ0v) is 11.2. The van der Waals surface area contributed by atoms with Gasteiger partial charge in [0.25, 0.3) is 0 Å². The number of rotatable bonds is 2. The predicted octanol–water partition coefficient (Wildman–Crippen LogP) is 0.783. The quantitative estimate of drug-likeness (QED) is 0.804. The molecule has 5 nitrogen and oxygen atoms in total. The van der Waals surface area contributed by atoms with Gasteiger partial charge in [0.1, 0.15) is 5.75 Å². The Bertz CT molecular complexity index is 628. The summed E-state index contributed by atoms with van der Waals surface area (Å²) < 4.78 is 37.8. The zero-order valence-electron chi connectivity index (χ0n) is 10.4. The van der Waals surface area contributed by atoms with Gasteiger partial charge in [-0.15, -0.1) is 0 Å². The Labute approximate surface area is 112 Å². The van der Waals surface area contributed by atoms with Crippen molar-refractivity contribution in [1.29, 1.82) is 0 Å². The maximum Gasteiger partial charge on any atom is 0.243 e. The average Bonchev–Trinajstić information content (AvgIpc) is 3.13. The van der Waals surface area contributed by atoms with E-state index in [1.54, 1.807) is 22.5 Å². The summed E-state index contributed by atoms with van der Waals surface area (Å²) in [6.07, 6.45) is 1.69. The van der Waals surface area contributed by atoms with Crippen LogP contribution in [0, 0.1) is 0 Å². The van der Waals surface area contributed by atoms with Crippen LogP contribution in [0.4, 0.5) is 0 Å². The molecule has 2 bridgehead atoms. The molecule has 0 amide bonds. The minimum atomic E-state index is -3.39. The smallest absolute Gasteiger partial charge is 0.243 e. The molecule has 0 aromatic heterocycles. The van der Waals surface area contributed by atoms with E-state index in [9.17, 15) is 8.42 Å². The van der Waals surface area contributed by atoms with Crippen LogP contribution >= 0.6 is 0 Å². The van der Waals surface area contributed by atoms with Gasteiger partial charge in [-0.25, -0.2) is 8.42 Å². The SMILES string of the molecule is O=S(=O)(c1ccc2c(c1)CCO2)N1C[C@H]2C[C@H]1CO2. The average molecular weight is 281 g/mol. The summed E-state index contributed by atoms with van der Waals surface area (Å²) in [6.45, 7) is 1.65. The lowest BCUT2D eigenvalue weighted by Crippen LogP contribution is -2.41. The summed E-state index contributed by atoms with van der Waals surface area (Å²) >= 11 is 0. The van der Waals surface area contributed by atoms with Crippen LogP contribution < -0.4 is 4.74 Å². The van der Waals surface area contributed by atoms with Gasteiger partial charge >= 0.3 is 0 Å². The molecule has 6 heteroatoms. The number of hydrogen-bond donors (Lipinski definition) is 0. The first-order valence-electron chi connectivity index (χ1n) is 6.54. The number of hydrogen-bond acceptors (Lipinski definition) is 4. The van der Waals surface area contributed by atoms with Gasteiger partial charge < -0.3 is 9.47 Å². The first kappa shape index (κ1) is 11.7. The molecule has 0 spiro atoms. The zero-order chi connectivity index (χ0) is 13.0. The van der Waals surface area contributed by atoms with Crippen molar-refractivity contribution in [3.63, 3.8) is 0 Å². The second-order valence-corrected chi connectivity index (χ2v) is 7.18. The molecule has 102 valence electrons. The number of fused-ring (bicyclic) bond motifs is 3. The highest BCUT2D eigenvalue weighted by Crippen LogP contribution is 2.34. The van der Waals surface area contributed by atoms with E-state index in [1.807, 2.05) is 0 Å². The fourth-order valence-corrected chi connectivity index (χ4v) is 4.82. The Morgan fingerprint density at radius 3 is 2.95 bits per heavy atom. The highest BCUT2D eigenvalue weighted by Gasteiger charge is 2.45. The third kappa shape index (κ3) is 1.70. The van der Waals surface area contributed by atoms with Crippen LogP contribution in [0.15, 0.2) is 23.1 Å². The van der Waals surface area contributed by atoms with Crippen molar-refractivity contribution < 1.29 is 17.9 Å². The molecule has 4 rings (SSSR count). The fourth-order valence-electron chi connectivity index (χ4n) is 3.12. The molecule has 0 saturated carbocycles. The van der Waals surface area contributed by atoms with Gasteiger partial charge in [0, 0.05) is 13.0 Å². The van der Waals surface area contributed by atoms with Crippen molar-refractivity contribution in [3.05, 3.63) is 23.8 Å². The van der Waals surface area contributed by atoms with Crippen LogP contribution in [0.2, 0.25) is 0 Å². The van der Waals surface area contributed by atoms with Gasteiger partial charge in [0.2, 0.25) is 10.0 Å². The largest absolute Gasteiger partial charge is 0.493 e. The normalized spacial score (nSPS) is 29.5. The van der Waals surface area contributed by atoms with Gasteiger partial charge in [0.05, 0.1) is 30.3 Å². The van der Waals surface area contributed by atoms with Crippen molar-refractivity contribution in [2.45, 2.75) is 29.9 Å². The molecule has 3 heterocycles. The molecule has 1 aromatic carbocycles. The second kappa shape index (κ2) is 3.94. The Morgan fingerprint density at radius 1 is 1.32 bits per heavy atom. The van der Waals surface area contributed by atoms with Crippen molar-refractivity contribution in [2.75, 3.05) is 19.8 Å². The molecule has 3 aliphatic heterocycles. The van der Waals surface area contributed by atoms with E-state index in [-0.39, 0.29) is 12.1 Å². The lowest BCUT2D eigenvalue weighted by atomic mass is 10.2. The van der Waals surface area contributed by atoms with Crippen molar-refractivity contribution in [2.24, 2.45) is 0 Å². The molecule has 0 N–H and O–H groups in total.